The number of aryl methyl sites for hydroxylation is 1. The van der Waals surface area contributed by atoms with Gasteiger partial charge in [0, 0.05) is 56.1 Å². The molecule has 8 heteroatoms. The number of amides is 1. The molecule has 1 saturated heterocycles. The average molecular weight is 407 g/mol. The van der Waals surface area contributed by atoms with E-state index in [9.17, 15) is 9.18 Å². The number of carbonyl (C=O) groups is 1. The number of benzene rings is 1. The van der Waals surface area contributed by atoms with E-state index in [0.717, 1.165) is 16.9 Å². The van der Waals surface area contributed by atoms with E-state index in [1.54, 1.807) is 21.8 Å². The summed E-state index contributed by atoms with van der Waals surface area (Å²) in [6, 6.07) is 8.26. The number of morpholine rings is 1. The van der Waals surface area contributed by atoms with Crippen molar-refractivity contribution in [1.82, 2.24) is 19.7 Å². The van der Waals surface area contributed by atoms with Crippen LogP contribution in [0, 0.1) is 5.82 Å². The lowest BCUT2D eigenvalue weighted by Gasteiger charge is -2.28. The van der Waals surface area contributed by atoms with Gasteiger partial charge in [0.25, 0.3) is 5.91 Å². The number of fused-ring (bicyclic) bond motifs is 1. The van der Waals surface area contributed by atoms with Crippen LogP contribution in [0.4, 0.5) is 10.2 Å². The average Bonchev–Trinajstić information content (AvgIpc) is 3.31. The number of carbonyl (C=O) groups excluding carboxylic acids is 1. The third-order valence-electron chi connectivity index (χ3n) is 5.54. The molecular weight excluding hydrogens is 385 g/mol. The minimum absolute atomic E-state index is 0.0385. The number of aromatic nitrogens is 3. The van der Waals surface area contributed by atoms with Gasteiger partial charge in [-0.15, -0.1) is 0 Å². The molecule has 154 valence electrons. The molecule has 0 atom stereocenters. The van der Waals surface area contributed by atoms with E-state index in [4.69, 9.17) is 9.72 Å². The van der Waals surface area contributed by atoms with Crippen molar-refractivity contribution in [2.24, 2.45) is 7.05 Å². The number of pyridine rings is 1. The van der Waals surface area contributed by atoms with Crippen LogP contribution in [0.3, 0.4) is 0 Å². The largest absolute Gasteiger partial charge is 0.378 e. The quantitative estimate of drug-likeness (QED) is 0.665. The van der Waals surface area contributed by atoms with E-state index >= 15 is 0 Å². The van der Waals surface area contributed by atoms with Gasteiger partial charge in [-0.3, -0.25) is 9.48 Å². The molecule has 2 aromatic heterocycles. The summed E-state index contributed by atoms with van der Waals surface area (Å²) in [5.41, 5.74) is 3.78. The summed E-state index contributed by atoms with van der Waals surface area (Å²) in [6.45, 7) is 3.57. The molecule has 3 aromatic rings. The molecule has 0 unspecified atom stereocenters. The number of anilines is 1. The fourth-order valence-electron chi connectivity index (χ4n) is 4.07. The summed E-state index contributed by atoms with van der Waals surface area (Å²) in [7, 11) is 1.85. The Kier molecular flexibility index (Phi) is 4.71. The molecule has 0 saturated carbocycles. The molecule has 0 aliphatic carbocycles. The second-order valence-electron chi connectivity index (χ2n) is 7.65. The van der Waals surface area contributed by atoms with Crippen molar-refractivity contribution in [3.05, 3.63) is 65.2 Å². The Morgan fingerprint density at radius 3 is 2.77 bits per heavy atom. The molecule has 0 radical (unpaired) electrons. The van der Waals surface area contributed by atoms with Crippen LogP contribution in [-0.4, -0.2) is 51.9 Å². The van der Waals surface area contributed by atoms with Gasteiger partial charge in [0.05, 0.1) is 30.7 Å². The normalized spacial score (nSPS) is 16.3. The highest BCUT2D eigenvalue weighted by Crippen LogP contribution is 2.35. The van der Waals surface area contributed by atoms with E-state index < -0.39 is 0 Å². The first kappa shape index (κ1) is 18.7. The van der Waals surface area contributed by atoms with Crippen LogP contribution in [0.25, 0.3) is 11.3 Å². The number of nitrogens with zero attached hydrogens (tertiary/aromatic N) is 5. The molecule has 1 amide bonds. The van der Waals surface area contributed by atoms with Crippen LogP contribution in [0.15, 0.2) is 42.7 Å². The topological polar surface area (TPSA) is 63.5 Å². The summed E-state index contributed by atoms with van der Waals surface area (Å²) in [5, 5.41) is 4.19. The number of hydrogen-bond acceptors (Lipinski definition) is 5. The molecule has 2 aliphatic rings. The van der Waals surface area contributed by atoms with Gasteiger partial charge in [-0.1, -0.05) is 12.1 Å². The van der Waals surface area contributed by atoms with Crippen molar-refractivity contribution in [1.29, 1.82) is 0 Å². The molecule has 30 heavy (non-hydrogen) atoms. The monoisotopic (exact) mass is 407 g/mol. The standard InChI is InChI=1S/C22H22FN5O2/c1-26-12-15(11-24-26)13-28-14-19-18(22(28)29)10-20(27-5-7-30-8-6-27)25-21(19)16-3-2-4-17(23)9-16/h2-4,9-12H,5-8,13-14H2,1H3. The maximum atomic E-state index is 14.0. The van der Waals surface area contributed by atoms with E-state index in [1.807, 2.05) is 25.4 Å². The zero-order chi connectivity index (χ0) is 20.7. The first-order valence-corrected chi connectivity index (χ1v) is 9.98. The van der Waals surface area contributed by atoms with Crippen molar-refractivity contribution in [3.8, 4) is 11.3 Å². The van der Waals surface area contributed by atoms with E-state index in [-0.39, 0.29) is 11.7 Å². The zero-order valence-corrected chi connectivity index (χ0v) is 16.7. The lowest BCUT2D eigenvalue weighted by molar-refractivity contribution is 0.0766. The third kappa shape index (κ3) is 3.43. The van der Waals surface area contributed by atoms with Gasteiger partial charge in [0.15, 0.2) is 0 Å². The molecule has 1 fully saturated rings. The van der Waals surface area contributed by atoms with Crippen LogP contribution in [0.1, 0.15) is 21.5 Å². The minimum atomic E-state index is -0.323. The van der Waals surface area contributed by atoms with Gasteiger partial charge < -0.3 is 14.5 Å². The molecule has 5 rings (SSSR count). The molecule has 0 spiro atoms. The van der Waals surface area contributed by atoms with Crippen LogP contribution < -0.4 is 4.90 Å². The van der Waals surface area contributed by atoms with Gasteiger partial charge in [-0.25, -0.2) is 9.37 Å². The van der Waals surface area contributed by atoms with Gasteiger partial charge in [0.1, 0.15) is 11.6 Å². The fourth-order valence-corrected chi connectivity index (χ4v) is 4.07. The summed E-state index contributed by atoms with van der Waals surface area (Å²) in [4.78, 5) is 22.0. The highest BCUT2D eigenvalue weighted by atomic mass is 19.1. The van der Waals surface area contributed by atoms with Gasteiger partial charge >= 0.3 is 0 Å². The predicted octanol–water partition coefficient (Wildman–Crippen LogP) is 2.61. The summed E-state index contributed by atoms with van der Waals surface area (Å²) in [6.07, 6.45) is 3.67. The van der Waals surface area contributed by atoms with Gasteiger partial charge in [-0.05, 0) is 18.2 Å². The SMILES string of the molecule is Cn1cc(CN2Cc3c(cc(N4CCOCC4)nc3-c3cccc(F)c3)C2=O)cn1. The number of rotatable bonds is 4. The summed E-state index contributed by atoms with van der Waals surface area (Å²) >= 11 is 0. The molecule has 4 heterocycles. The highest BCUT2D eigenvalue weighted by molar-refractivity contribution is 6.01. The minimum Gasteiger partial charge on any atom is -0.378 e. The van der Waals surface area contributed by atoms with Crippen LogP contribution in [-0.2, 0) is 24.9 Å². The highest BCUT2D eigenvalue weighted by Gasteiger charge is 2.32. The van der Waals surface area contributed by atoms with Crippen LogP contribution >= 0.6 is 0 Å². The Morgan fingerprint density at radius 2 is 2.03 bits per heavy atom. The Hall–Kier alpha value is -3.26. The molecule has 0 bridgehead atoms. The molecular formula is C22H22FN5O2. The van der Waals surface area contributed by atoms with Crippen molar-refractivity contribution in [3.63, 3.8) is 0 Å². The van der Waals surface area contributed by atoms with Crippen molar-refractivity contribution in [2.75, 3.05) is 31.2 Å². The first-order chi connectivity index (χ1) is 14.6. The molecule has 2 aliphatic heterocycles. The van der Waals surface area contributed by atoms with Crippen LogP contribution in [0.5, 0.6) is 0 Å². The summed E-state index contributed by atoms with van der Waals surface area (Å²) < 4.78 is 21.1. The summed E-state index contributed by atoms with van der Waals surface area (Å²) in [5.74, 6) is 0.368. The van der Waals surface area contributed by atoms with Crippen molar-refractivity contribution < 1.29 is 13.9 Å². The second-order valence-corrected chi connectivity index (χ2v) is 7.65. The Morgan fingerprint density at radius 1 is 1.20 bits per heavy atom. The molecule has 7 nitrogen and oxygen atoms in total. The first-order valence-electron chi connectivity index (χ1n) is 9.98. The maximum Gasteiger partial charge on any atom is 0.255 e. The second kappa shape index (κ2) is 7.53. The van der Waals surface area contributed by atoms with Gasteiger partial charge in [-0.2, -0.15) is 5.10 Å². The van der Waals surface area contributed by atoms with E-state index in [1.165, 1.54) is 12.1 Å². The lowest BCUT2D eigenvalue weighted by atomic mass is 10.0. The number of hydrogen-bond donors (Lipinski definition) is 0. The third-order valence-corrected chi connectivity index (χ3v) is 5.54. The van der Waals surface area contributed by atoms with E-state index in [2.05, 4.69) is 10.00 Å². The smallest absolute Gasteiger partial charge is 0.255 e. The maximum absolute atomic E-state index is 14.0. The number of halogens is 1. The molecule has 1 aromatic carbocycles. The lowest BCUT2D eigenvalue weighted by Crippen LogP contribution is -2.37. The van der Waals surface area contributed by atoms with Crippen LogP contribution in [0.2, 0.25) is 0 Å². The zero-order valence-electron chi connectivity index (χ0n) is 16.7. The Labute approximate surface area is 173 Å². The van der Waals surface area contributed by atoms with Crippen molar-refractivity contribution >= 4 is 11.7 Å². The van der Waals surface area contributed by atoms with Crippen molar-refractivity contribution in [2.45, 2.75) is 13.1 Å². The van der Waals surface area contributed by atoms with Gasteiger partial charge in [0.2, 0.25) is 0 Å². The Balaban J connectivity index is 1.56. The fraction of sp³-hybridized carbons (Fsp3) is 0.318. The van der Waals surface area contributed by atoms with E-state index in [0.29, 0.717) is 56.2 Å². The molecule has 0 N–H and O–H groups in total. The predicted molar refractivity (Wildman–Crippen MR) is 109 cm³/mol. The number of ether oxygens (including phenoxy) is 1. The Bertz CT molecular complexity index is 1110.